The maximum Gasteiger partial charge on any atom is 0.316 e. The molecule has 0 saturated carbocycles. The molecule has 0 aliphatic heterocycles. The highest BCUT2D eigenvalue weighted by molar-refractivity contribution is 6.04. The Morgan fingerprint density at radius 2 is 1.48 bits per heavy atom. The normalized spacial score (nSPS) is 10.1. The van der Waals surface area contributed by atoms with Gasteiger partial charge in [-0.2, -0.15) is 0 Å². The molecule has 0 fully saturated rings. The zero-order chi connectivity index (χ0) is 19.1. The van der Waals surface area contributed by atoms with Gasteiger partial charge in [-0.15, -0.1) is 0 Å². The summed E-state index contributed by atoms with van der Waals surface area (Å²) in [6.45, 7) is 0.423. The highest BCUT2D eigenvalue weighted by Crippen LogP contribution is 2.17. The Hall–Kier alpha value is -3.80. The fraction of sp³-hybridized carbons (Fsp3) is 0.0476. The number of urea groups is 1. The number of para-hydroxylation sites is 1. The van der Waals surface area contributed by atoms with E-state index in [0.29, 0.717) is 23.5 Å². The first-order chi connectivity index (χ1) is 13.1. The summed E-state index contributed by atoms with van der Waals surface area (Å²) >= 11 is 0. The summed E-state index contributed by atoms with van der Waals surface area (Å²) in [5.41, 5.74) is 7.64. The number of hydrogen-bond donors (Lipinski definition) is 3. The number of hydrogen-bond acceptors (Lipinski definition) is 3. The summed E-state index contributed by atoms with van der Waals surface area (Å²) in [6.07, 6.45) is 0. The molecule has 0 aliphatic rings. The van der Waals surface area contributed by atoms with Crippen LogP contribution in [-0.4, -0.2) is 11.9 Å². The number of amides is 3. The van der Waals surface area contributed by atoms with Gasteiger partial charge in [0, 0.05) is 16.9 Å². The van der Waals surface area contributed by atoms with Crippen LogP contribution in [0.15, 0.2) is 78.9 Å². The maximum absolute atomic E-state index is 12.4. The number of carbonyl (C=O) groups excluding carboxylic acids is 2. The second-order valence-corrected chi connectivity index (χ2v) is 5.82. The van der Waals surface area contributed by atoms with Crippen LogP contribution in [0.5, 0.6) is 5.75 Å². The maximum atomic E-state index is 12.4. The SMILES string of the molecule is NC(=O)Nc1cccc(NC(=O)c2ccc(COc3ccccc3)cc2)c1. The quantitative estimate of drug-likeness (QED) is 0.619. The van der Waals surface area contributed by atoms with Crippen molar-refractivity contribution in [2.75, 3.05) is 10.6 Å². The number of anilines is 2. The van der Waals surface area contributed by atoms with Gasteiger partial charge in [-0.3, -0.25) is 4.79 Å². The van der Waals surface area contributed by atoms with E-state index in [0.717, 1.165) is 11.3 Å². The van der Waals surface area contributed by atoms with E-state index < -0.39 is 6.03 Å². The van der Waals surface area contributed by atoms with Crippen molar-refractivity contribution in [2.24, 2.45) is 5.73 Å². The van der Waals surface area contributed by atoms with E-state index in [1.54, 1.807) is 36.4 Å². The average molecular weight is 361 g/mol. The van der Waals surface area contributed by atoms with Gasteiger partial charge < -0.3 is 21.1 Å². The standard InChI is InChI=1S/C21H19N3O3/c22-21(26)24-18-6-4-5-17(13-18)23-20(25)16-11-9-15(10-12-16)14-27-19-7-2-1-3-8-19/h1-13H,14H2,(H,23,25)(H3,22,24,26). The molecule has 0 unspecified atom stereocenters. The molecule has 0 aromatic heterocycles. The van der Waals surface area contributed by atoms with Crippen LogP contribution in [-0.2, 0) is 6.61 Å². The number of rotatable bonds is 6. The average Bonchev–Trinajstić information content (AvgIpc) is 2.67. The zero-order valence-corrected chi connectivity index (χ0v) is 14.5. The summed E-state index contributed by atoms with van der Waals surface area (Å²) in [6, 6.07) is 22.8. The molecule has 0 aliphatic carbocycles. The van der Waals surface area contributed by atoms with E-state index >= 15 is 0 Å². The third-order valence-electron chi connectivity index (χ3n) is 3.75. The molecular formula is C21H19N3O3. The van der Waals surface area contributed by atoms with Gasteiger partial charge in [0.25, 0.3) is 5.91 Å². The van der Waals surface area contributed by atoms with Crippen LogP contribution in [0.25, 0.3) is 0 Å². The molecule has 0 saturated heterocycles. The van der Waals surface area contributed by atoms with Crippen LogP contribution < -0.4 is 21.1 Å². The van der Waals surface area contributed by atoms with Crippen LogP contribution in [0.1, 0.15) is 15.9 Å². The van der Waals surface area contributed by atoms with Gasteiger partial charge in [-0.05, 0) is 48.0 Å². The third-order valence-corrected chi connectivity index (χ3v) is 3.75. The molecule has 0 radical (unpaired) electrons. The van der Waals surface area contributed by atoms with E-state index in [9.17, 15) is 9.59 Å². The second kappa shape index (κ2) is 8.53. The number of nitrogens with one attached hydrogen (secondary N) is 2. The molecule has 4 N–H and O–H groups in total. The summed E-state index contributed by atoms with van der Waals surface area (Å²) in [4.78, 5) is 23.3. The largest absolute Gasteiger partial charge is 0.489 e. The van der Waals surface area contributed by atoms with Gasteiger partial charge in [-0.1, -0.05) is 36.4 Å². The molecule has 3 aromatic carbocycles. The Morgan fingerprint density at radius 1 is 0.815 bits per heavy atom. The monoisotopic (exact) mass is 361 g/mol. The molecular weight excluding hydrogens is 342 g/mol. The van der Waals surface area contributed by atoms with E-state index in [4.69, 9.17) is 10.5 Å². The fourth-order valence-corrected chi connectivity index (χ4v) is 2.46. The number of benzene rings is 3. The number of primary amides is 1. The molecule has 6 nitrogen and oxygen atoms in total. The predicted octanol–water partition coefficient (Wildman–Crippen LogP) is 4.01. The Kier molecular flexibility index (Phi) is 5.69. The highest BCUT2D eigenvalue weighted by Gasteiger charge is 2.07. The smallest absolute Gasteiger partial charge is 0.316 e. The third kappa shape index (κ3) is 5.34. The molecule has 27 heavy (non-hydrogen) atoms. The van der Waals surface area contributed by atoms with Gasteiger partial charge in [0.15, 0.2) is 0 Å². The summed E-state index contributed by atoms with van der Waals surface area (Å²) < 4.78 is 5.69. The van der Waals surface area contributed by atoms with Crippen LogP contribution in [0, 0.1) is 0 Å². The van der Waals surface area contributed by atoms with Gasteiger partial charge in [0.05, 0.1) is 0 Å². The lowest BCUT2D eigenvalue weighted by atomic mass is 10.1. The molecule has 3 aromatic rings. The van der Waals surface area contributed by atoms with Crippen molar-refractivity contribution in [2.45, 2.75) is 6.61 Å². The number of ether oxygens (including phenoxy) is 1. The van der Waals surface area contributed by atoms with Crippen LogP contribution >= 0.6 is 0 Å². The predicted molar refractivity (Wildman–Crippen MR) is 105 cm³/mol. The first-order valence-corrected chi connectivity index (χ1v) is 8.35. The first-order valence-electron chi connectivity index (χ1n) is 8.35. The Bertz CT molecular complexity index is 925. The zero-order valence-electron chi connectivity index (χ0n) is 14.5. The second-order valence-electron chi connectivity index (χ2n) is 5.82. The highest BCUT2D eigenvalue weighted by atomic mass is 16.5. The lowest BCUT2D eigenvalue weighted by Crippen LogP contribution is -2.19. The first kappa shape index (κ1) is 18.0. The van der Waals surface area contributed by atoms with Crippen molar-refractivity contribution in [3.05, 3.63) is 90.0 Å². The van der Waals surface area contributed by atoms with Crippen LogP contribution in [0.3, 0.4) is 0 Å². The summed E-state index contributed by atoms with van der Waals surface area (Å²) in [5, 5.41) is 5.25. The molecule has 3 amide bonds. The molecule has 3 rings (SSSR count). The van der Waals surface area contributed by atoms with E-state index in [1.165, 1.54) is 0 Å². The van der Waals surface area contributed by atoms with Gasteiger partial charge >= 0.3 is 6.03 Å². The van der Waals surface area contributed by atoms with Crippen LogP contribution in [0.4, 0.5) is 16.2 Å². The minimum Gasteiger partial charge on any atom is -0.489 e. The molecule has 0 bridgehead atoms. The van der Waals surface area contributed by atoms with Gasteiger partial charge in [0.2, 0.25) is 0 Å². The molecule has 0 heterocycles. The van der Waals surface area contributed by atoms with Crippen molar-refractivity contribution >= 4 is 23.3 Å². The fourth-order valence-electron chi connectivity index (χ4n) is 2.46. The molecule has 0 atom stereocenters. The van der Waals surface area contributed by atoms with E-state index in [1.807, 2.05) is 42.5 Å². The minimum absolute atomic E-state index is 0.248. The Labute approximate surface area is 157 Å². The summed E-state index contributed by atoms with van der Waals surface area (Å²) in [5.74, 6) is 0.547. The van der Waals surface area contributed by atoms with Gasteiger partial charge in [-0.25, -0.2) is 4.79 Å². The summed E-state index contributed by atoms with van der Waals surface area (Å²) in [7, 11) is 0. The topological polar surface area (TPSA) is 93.5 Å². The molecule has 136 valence electrons. The lowest BCUT2D eigenvalue weighted by Gasteiger charge is -2.09. The van der Waals surface area contributed by atoms with Crippen LogP contribution in [0.2, 0.25) is 0 Å². The minimum atomic E-state index is -0.660. The van der Waals surface area contributed by atoms with Crippen molar-refractivity contribution in [3.8, 4) is 5.75 Å². The number of nitrogens with two attached hydrogens (primary N) is 1. The van der Waals surface area contributed by atoms with E-state index in [2.05, 4.69) is 10.6 Å². The lowest BCUT2D eigenvalue weighted by molar-refractivity contribution is 0.102. The molecule has 6 heteroatoms. The van der Waals surface area contributed by atoms with Crippen molar-refractivity contribution in [3.63, 3.8) is 0 Å². The van der Waals surface area contributed by atoms with Crippen molar-refractivity contribution < 1.29 is 14.3 Å². The Morgan fingerprint density at radius 3 is 2.15 bits per heavy atom. The van der Waals surface area contributed by atoms with Gasteiger partial charge in [0.1, 0.15) is 12.4 Å². The van der Waals surface area contributed by atoms with E-state index in [-0.39, 0.29) is 5.91 Å². The number of carbonyl (C=O) groups is 2. The Balaban J connectivity index is 1.59. The van der Waals surface area contributed by atoms with Crippen molar-refractivity contribution in [1.82, 2.24) is 0 Å². The molecule has 0 spiro atoms. The van der Waals surface area contributed by atoms with Crippen molar-refractivity contribution in [1.29, 1.82) is 0 Å².